The van der Waals surface area contributed by atoms with E-state index in [0.717, 1.165) is 5.56 Å². The van der Waals surface area contributed by atoms with Gasteiger partial charge in [-0.05, 0) is 29.1 Å². The molecule has 3 rings (SSSR count). The standard InChI is InChI=1S/C19H21N3O5S/c1-25-13-6-12(7-14(8-13)26-2)9-22(11-17(23)27-3)10-16-20-15-4-5-28-18(15)19(24)21-16/h4-8H,9-11H2,1-3H3,(H,20,21,24). The molecule has 1 aromatic carbocycles. The number of hydrogen-bond donors (Lipinski definition) is 1. The van der Waals surface area contributed by atoms with Crippen molar-refractivity contribution in [2.24, 2.45) is 0 Å². The van der Waals surface area contributed by atoms with Crippen LogP contribution in [0.25, 0.3) is 10.2 Å². The molecule has 0 unspecified atom stereocenters. The fourth-order valence-electron chi connectivity index (χ4n) is 2.84. The Bertz CT molecular complexity index is 1010. The highest BCUT2D eigenvalue weighted by molar-refractivity contribution is 7.17. The molecule has 2 heterocycles. The lowest BCUT2D eigenvalue weighted by Crippen LogP contribution is -2.31. The third kappa shape index (κ3) is 4.68. The van der Waals surface area contributed by atoms with Crippen LogP contribution in [0.3, 0.4) is 0 Å². The minimum absolute atomic E-state index is 0.0431. The van der Waals surface area contributed by atoms with E-state index < -0.39 is 0 Å². The summed E-state index contributed by atoms with van der Waals surface area (Å²) >= 11 is 1.34. The third-order valence-corrected chi connectivity index (χ3v) is 5.04. The van der Waals surface area contributed by atoms with Crippen molar-refractivity contribution in [3.63, 3.8) is 0 Å². The van der Waals surface area contributed by atoms with Crippen LogP contribution in [0.4, 0.5) is 0 Å². The zero-order valence-corrected chi connectivity index (χ0v) is 16.7. The number of nitrogens with one attached hydrogen (secondary N) is 1. The number of fused-ring (bicyclic) bond motifs is 1. The van der Waals surface area contributed by atoms with Gasteiger partial charge in [-0.15, -0.1) is 11.3 Å². The van der Waals surface area contributed by atoms with E-state index in [1.54, 1.807) is 26.4 Å². The number of methoxy groups -OCH3 is 3. The maximum atomic E-state index is 12.2. The van der Waals surface area contributed by atoms with E-state index in [4.69, 9.17) is 14.2 Å². The van der Waals surface area contributed by atoms with Crippen LogP contribution in [0.2, 0.25) is 0 Å². The molecular weight excluding hydrogens is 382 g/mol. The minimum Gasteiger partial charge on any atom is -0.497 e. The quantitative estimate of drug-likeness (QED) is 0.576. The molecule has 148 valence electrons. The Morgan fingerprint density at radius 3 is 2.50 bits per heavy atom. The van der Waals surface area contributed by atoms with Gasteiger partial charge < -0.3 is 19.2 Å². The highest BCUT2D eigenvalue weighted by atomic mass is 32.1. The molecule has 0 spiro atoms. The van der Waals surface area contributed by atoms with Crippen LogP contribution in [-0.2, 0) is 22.6 Å². The van der Waals surface area contributed by atoms with Gasteiger partial charge in [-0.3, -0.25) is 14.5 Å². The summed E-state index contributed by atoms with van der Waals surface area (Å²) in [4.78, 5) is 33.2. The van der Waals surface area contributed by atoms with Crippen molar-refractivity contribution in [2.75, 3.05) is 27.9 Å². The number of carbonyl (C=O) groups is 1. The fourth-order valence-corrected chi connectivity index (χ4v) is 3.56. The predicted octanol–water partition coefficient (Wildman–Crippen LogP) is 2.18. The topological polar surface area (TPSA) is 93.8 Å². The minimum atomic E-state index is -0.381. The second-order valence-electron chi connectivity index (χ2n) is 6.09. The van der Waals surface area contributed by atoms with Gasteiger partial charge in [0.15, 0.2) is 0 Å². The lowest BCUT2D eigenvalue weighted by atomic mass is 10.2. The van der Waals surface area contributed by atoms with E-state index in [1.165, 1.54) is 18.4 Å². The number of thiophene rings is 1. The van der Waals surface area contributed by atoms with Gasteiger partial charge in [0.25, 0.3) is 5.56 Å². The molecule has 8 nitrogen and oxygen atoms in total. The zero-order valence-electron chi connectivity index (χ0n) is 15.9. The molecular formula is C19H21N3O5S. The maximum absolute atomic E-state index is 12.2. The molecule has 28 heavy (non-hydrogen) atoms. The number of esters is 1. The number of H-pyrrole nitrogens is 1. The second-order valence-corrected chi connectivity index (χ2v) is 7.01. The Balaban J connectivity index is 1.88. The smallest absolute Gasteiger partial charge is 0.319 e. The number of carbonyl (C=O) groups excluding carboxylic acids is 1. The van der Waals surface area contributed by atoms with Crippen LogP contribution < -0.4 is 15.0 Å². The first-order valence-corrected chi connectivity index (χ1v) is 9.38. The predicted molar refractivity (Wildman–Crippen MR) is 106 cm³/mol. The molecule has 0 bridgehead atoms. The van der Waals surface area contributed by atoms with Gasteiger partial charge in [0, 0.05) is 12.6 Å². The molecule has 0 aliphatic heterocycles. The van der Waals surface area contributed by atoms with Crippen LogP contribution >= 0.6 is 11.3 Å². The number of nitrogens with zero attached hydrogens (tertiary/aromatic N) is 2. The van der Waals surface area contributed by atoms with Gasteiger partial charge in [-0.1, -0.05) is 0 Å². The summed E-state index contributed by atoms with van der Waals surface area (Å²) in [5.41, 5.74) is 1.35. The van der Waals surface area contributed by atoms with E-state index >= 15 is 0 Å². The molecule has 1 N–H and O–H groups in total. The van der Waals surface area contributed by atoms with Crippen LogP contribution in [-0.4, -0.2) is 48.7 Å². The Morgan fingerprint density at radius 2 is 1.86 bits per heavy atom. The number of ether oxygens (including phenoxy) is 3. The average Bonchev–Trinajstić information content (AvgIpc) is 3.16. The van der Waals surface area contributed by atoms with Crippen molar-refractivity contribution in [3.8, 4) is 11.5 Å². The monoisotopic (exact) mass is 403 g/mol. The van der Waals surface area contributed by atoms with Crippen molar-refractivity contribution >= 4 is 27.5 Å². The van der Waals surface area contributed by atoms with E-state index in [2.05, 4.69) is 9.97 Å². The van der Waals surface area contributed by atoms with E-state index in [1.807, 2.05) is 22.4 Å². The maximum Gasteiger partial charge on any atom is 0.319 e. The first-order valence-electron chi connectivity index (χ1n) is 8.50. The van der Waals surface area contributed by atoms with Crippen molar-refractivity contribution < 1.29 is 19.0 Å². The summed E-state index contributed by atoms with van der Waals surface area (Å²) in [5.74, 6) is 1.40. The van der Waals surface area contributed by atoms with Crippen LogP contribution in [0.5, 0.6) is 11.5 Å². The van der Waals surface area contributed by atoms with Crippen molar-refractivity contribution in [3.05, 3.63) is 51.4 Å². The first-order chi connectivity index (χ1) is 13.5. The lowest BCUT2D eigenvalue weighted by Gasteiger charge is -2.21. The Morgan fingerprint density at radius 1 is 1.14 bits per heavy atom. The Hall–Kier alpha value is -2.91. The Labute approximate surface area is 165 Å². The molecule has 9 heteroatoms. The van der Waals surface area contributed by atoms with Crippen molar-refractivity contribution in [1.29, 1.82) is 0 Å². The summed E-state index contributed by atoms with van der Waals surface area (Å²) in [6, 6.07) is 7.31. The number of rotatable bonds is 8. The largest absolute Gasteiger partial charge is 0.497 e. The summed E-state index contributed by atoms with van der Waals surface area (Å²) < 4.78 is 16.0. The summed E-state index contributed by atoms with van der Waals surface area (Å²) in [5, 5.41) is 1.82. The summed E-state index contributed by atoms with van der Waals surface area (Å²) in [7, 11) is 4.50. The van der Waals surface area contributed by atoms with E-state index in [9.17, 15) is 9.59 Å². The van der Waals surface area contributed by atoms with Crippen molar-refractivity contribution in [2.45, 2.75) is 13.1 Å². The van der Waals surface area contributed by atoms with Gasteiger partial charge in [0.2, 0.25) is 0 Å². The zero-order chi connectivity index (χ0) is 20.1. The first kappa shape index (κ1) is 19.8. The molecule has 0 saturated carbocycles. The van der Waals surface area contributed by atoms with Gasteiger partial charge in [0.1, 0.15) is 22.0 Å². The summed E-state index contributed by atoms with van der Waals surface area (Å²) in [6.45, 7) is 0.727. The van der Waals surface area contributed by atoms with Crippen LogP contribution in [0, 0.1) is 0 Å². The fraction of sp³-hybridized carbons (Fsp3) is 0.316. The normalized spacial score (nSPS) is 11.0. The Kier molecular flexibility index (Phi) is 6.27. The number of hydrogen-bond acceptors (Lipinski definition) is 8. The molecule has 0 aliphatic rings. The molecule has 0 fully saturated rings. The van der Waals surface area contributed by atoms with Crippen LogP contribution in [0.15, 0.2) is 34.4 Å². The van der Waals surface area contributed by atoms with Crippen LogP contribution in [0.1, 0.15) is 11.4 Å². The number of benzene rings is 1. The highest BCUT2D eigenvalue weighted by Gasteiger charge is 2.16. The number of aromatic nitrogens is 2. The average molecular weight is 403 g/mol. The lowest BCUT2D eigenvalue weighted by molar-refractivity contribution is -0.142. The SMILES string of the molecule is COC(=O)CN(Cc1cc(OC)cc(OC)c1)Cc1nc2ccsc2c(=O)[nH]1. The van der Waals surface area contributed by atoms with E-state index in [-0.39, 0.29) is 24.6 Å². The van der Waals surface area contributed by atoms with Gasteiger partial charge in [0.05, 0.1) is 39.9 Å². The number of aromatic amines is 1. The van der Waals surface area contributed by atoms with Gasteiger partial charge in [-0.2, -0.15) is 0 Å². The molecule has 0 saturated heterocycles. The summed E-state index contributed by atoms with van der Waals surface area (Å²) in [6.07, 6.45) is 0. The van der Waals surface area contributed by atoms with Crippen molar-refractivity contribution in [1.82, 2.24) is 14.9 Å². The molecule has 2 aromatic heterocycles. The molecule has 0 amide bonds. The molecule has 0 atom stereocenters. The van der Waals surface area contributed by atoms with Gasteiger partial charge in [-0.25, -0.2) is 4.98 Å². The van der Waals surface area contributed by atoms with Gasteiger partial charge >= 0.3 is 5.97 Å². The third-order valence-electron chi connectivity index (χ3n) is 4.14. The highest BCUT2D eigenvalue weighted by Crippen LogP contribution is 2.24. The molecule has 0 aliphatic carbocycles. The molecule has 0 radical (unpaired) electrons. The van der Waals surface area contributed by atoms with E-state index in [0.29, 0.717) is 34.1 Å². The second kappa shape index (κ2) is 8.85. The molecule has 3 aromatic rings.